The first-order valence-corrected chi connectivity index (χ1v) is 3.55. The zero-order valence-electron chi connectivity index (χ0n) is 7.48. The molecule has 0 saturated carbocycles. The van der Waals surface area contributed by atoms with Crippen LogP contribution in [0.15, 0.2) is 12.3 Å². The van der Waals surface area contributed by atoms with E-state index in [2.05, 4.69) is 4.98 Å². The molecule has 0 aliphatic rings. The van der Waals surface area contributed by atoms with Gasteiger partial charge < -0.3 is 5.73 Å². The third kappa shape index (κ3) is 2.81. The van der Waals surface area contributed by atoms with Crippen LogP contribution in [-0.4, -0.2) is 21.4 Å². The van der Waals surface area contributed by atoms with E-state index in [0.717, 1.165) is 5.56 Å². The van der Waals surface area contributed by atoms with Crippen molar-refractivity contribution in [1.29, 1.82) is 0 Å². The standard InChI is InChI=1S/C8H10N2O.H2O2/c1-5-3-4-10-6(2)7(5)8(9)11;1-2/h3-4H,1-2H3,(H2,9,11);1-2H. The summed E-state index contributed by atoms with van der Waals surface area (Å²) in [4.78, 5) is 14.8. The SMILES string of the molecule is Cc1ccnc(C)c1C(N)=O.OO. The van der Waals surface area contributed by atoms with Gasteiger partial charge in [-0.05, 0) is 25.5 Å². The van der Waals surface area contributed by atoms with Crippen LogP contribution < -0.4 is 5.73 Å². The molecule has 0 spiro atoms. The molecule has 0 atom stereocenters. The quantitative estimate of drug-likeness (QED) is 0.444. The molecule has 4 N–H and O–H groups in total. The van der Waals surface area contributed by atoms with Crippen LogP contribution in [0.1, 0.15) is 21.6 Å². The van der Waals surface area contributed by atoms with Gasteiger partial charge in [-0.25, -0.2) is 0 Å². The van der Waals surface area contributed by atoms with Crippen LogP contribution in [0.2, 0.25) is 0 Å². The van der Waals surface area contributed by atoms with Crippen LogP contribution in [0.4, 0.5) is 0 Å². The molecule has 0 aromatic carbocycles. The summed E-state index contributed by atoms with van der Waals surface area (Å²) in [6.07, 6.45) is 1.66. The summed E-state index contributed by atoms with van der Waals surface area (Å²) >= 11 is 0. The number of carbonyl (C=O) groups excluding carboxylic acids is 1. The van der Waals surface area contributed by atoms with E-state index in [-0.39, 0.29) is 0 Å². The first-order chi connectivity index (χ1) is 6.13. The highest BCUT2D eigenvalue weighted by Crippen LogP contribution is 2.08. The van der Waals surface area contributed by atoms with Crippen LogP contribution in [0.3, 0.4) is 0 Å². The number of hydrogen-bond donors (Lipinski definition) is 3. The normalized spacial score (nSPS) is 8.62. The minimum atomic E-state index is -0.409. The molecule has 0 saturated heterocycles. The average molecular weight is 184 g/mol. The Morgan fingerprint density at radius 2 is 2.00 bits per heavy atom. The summed E-state index contributed by atoms with van der Waals surface area (Å²) < 4.78 is 0. The van der Waals surface area contributed by atoms with Gasteiger partial charge in [0.1, 0.15) is 0 Å². The monoisotopic (exact) mass is 184 g/mol. The maximum Gasteiger partial charge on any atom is 0.250 e. The first kappa shape index (κ1) is 11.5. The van der Waals surface area contributed by atoms with Gasteiger partial charge in [-0.3, -0.25) is 20.3 Å². The summed E-state index contributed by atoms with van der Waals surface area (Å²) in [5, 5.41) is 12.0. The van der Waals surface area contributed by atoms with Gasteiger partial charge in [0.2, 0.25) is 0 Å². The minimum absolute atomic E-state index is 0.409. The van der Waals surface area contributed by atoms with Crippen molar-refractivity contribution >= 4 is 5.91 Å². The van der Waals surface area contributed by atoms with Gasteiger partial charge in [0.25, 0.3) is 5.91 Å². The first-order valence-electron chi connectivity index (χ1n) is 3.55. The topological polar surface area (TPSA) is 96.4 Å². The molecule has 1 aromatic heterocycles. The number of aryl methyl sites for hydroxylation is 2. The third-order valence-corrected chi connectivity index (χ3v) is 1.60. The van der Waals surface area contributed by atoms with Gasteiger partial charge >= 0.3 is 0 Å². The minimum Gasteiger partial charge on any atom is -0.366 e. The summed E-state index contributed by atoms with van der Waals surface area (Å²) in [6, 6.07) is 1.77. The van der Waals surface area contributed by atoms with Crippen molar-refractivity contribution in [3.05, 3.63) is 29.1 Å². The highest BCUT2D eigenvalue weighted by Gasteiger charge is 2.07. The second-order valence-electron chi connectivity index (χ2n) is 2.45. The number of carbonyl (C=O) groups is 1. The largest absolute Gasteiger partial charge is 0.366 e. The Morgan fingerprint density at radius 1 is 1.46 bits per heavy atom. The Kier molecular flexibility index (Phi) is 4.64. The molecule has 5 nitrogen and oxygen atoms in total. The van der Waals surface area contributed by atoms with Gasteiger partial charge in [0.15, 0.2) is 0 Å². The lowest BCUT2D eigenvalue weighted by Gasteiger charge is -2.02. The molecule has 0 bridgehead atoms. The highest BCUT2D eigenvalue weighted by molar-refractivity contribution is 5.95. The second-order valence-corrected chi connectivity index (χ2v) is 2.45. The van der Waals surface area contributed by atoms with E-state index in [1.807, 2.05) is 6.92 Å². The van der Waals surface area contributed by atoms with E-state index in [9.17, 15) is 4.79 Å². The summed E-state index contributed by atoms with van der Waals surface area (Å²) in [6.45, 7) is 3.61. The van der Waals surface area contributed by atoms with E-state index < -0.39 is 5.91 Å². The molecule has 72 valence electrons. The molecule has 0 aliphatic heterocycles. The van der Waals surface area contributed by atoms with Crippen molar-refractivity contribution in [3.63, 3.8) is 0 Å². The predicted molar refractivity (Wildman–Crippen MR) is 47.5 cm³/mol. The average Bonchev–Trinajstić information content (AvgIpc) is 2.07. The summed E-state index contributed by atoms with van der Waals surface area (Å²) in [5.41, 5.74) is 7.24. The Hall–Kier alpha value is -1.46. The Balaban J connectivity index is 0.000000671. The van der Waals surface area contributed by atoms with E-state index in [4.69, 9.17) is 16.2 Å². The Morgan fingerprint density at radius 3 is 2.31 bits per heavy atom. The molecule has 0 unspecified atom stereocenters. The number of rotatable bonds is 1. The molecular formula is C8H12N2O3. The molecule has 0 aliphatic carbocycles. The third-order valence-electron chi connectivity index (χ3n) is 1.60. The van der Waals surface area contributed by atoms with Crippen LogP contribution in [0.5, 0.6) is 0 Å². The lowest BCUT2D eigenvalue weighted by atomic mass is 10.1. The molecule has 1 amide bonds. The van der Waals surface area contributed by atoms with Gasteiger partial charge in [0.05, 0.1) is 11.3 Å². The number of amides is 1. The van der Waals surface area contributed by atoms with Gasteiger partial charge in [-0.1, -0.05) is 0 Å². The van der Waals surface area contributed by atoms with Crippen molar-refractivity contribution in [2.24, 2.45) is 5.73 Å². The van der Waals surface area contributed by atoms with Gasteiger partial charge in [0, 0.05) is 6.20 Å². The Bertz CT molecular complexity index is 279. The molecule has 1 aromatic rings. The van der Waals surface area contributed by atoms with Gasteiger partial charge in [-0.15, -0.1) is 0 Å². The molecule has 0 fully saturated rings. The van der Waals surface area contributed by atoms with Crippen molar-refractivity contribution in [2.75, 3.05) is 0 Å². The predicted octanol–water partition coefficient (Wildman–Crippen LogP) is 0.815. The fraction of sp³-hybridized carbons (Fsp3) is 0.250. The van der Waals surface area contributed by atoms with Gasteiger partial charge in [-0.2, -0.15) is 0 Å². The zero-order valence-corrected chi connectivity index (χ0v) is 7.48. The fourth-order valence-corrected chi connectivity index (χ4v) is 1.07. The summed E-state index contributed by atoms with van der Waals surface area (Å²) in [7, 11) is 0. The van der Waals surface area contributed by atoms with Crippen molar-refractivity contribution in [2.45, 2.75) is 13.8 Å². The maximum absolute atomic E-state index is 10.8. The highest BCUT2D eigenvalue weighted by atomic mass is 17.0. The summed E-state index contributed by atoms with van der Waals surface area (Å²) in [5.74, 6) is -0.409. The van der Waals surface area contributed by atoms with Crippen LogP contribution >= 0.6 is 0 Å². The van der Waals surface area contributed by atoms with E-state index in [1.54, 1.807) is 19.2 Å². The van der Waals surface area contributed by atoms with Crippen LogP contribution in [0, 0.1) is 13.8 Å². The second kappa shape index (κ2) is 5.23. The number of nitrogens with two attached hydrogens (primary N) is 1. The number of primary amides is 1. The number of pyridine rings is 1. The molecular weight excluding hydrogens is 172 g/mol. The molecule has 5 heteroatoms. The number of nitrogens with zero attached hydrogens (tertiary/aromatic N) is 1. The Labute approximate surface area is 75.8 Å². The number of hydrogen-bond acceptors (Lipinski definition) is 4. The van der Waals surface area contributed by atoms with Crippen molar-refractivity contribution in [3.8, 4) is 0 Å². The lowest BCUT2D eigenvalue weighted by Crippen LogP contribution is -2.15. The van der Waals surface area contributed by atoms with E-state index in [1.165, 1.54) is 0 Å². The smallest absolute Gasteiger partial charge is 0.250 e. The lowest BCUT2D eigenvalue weighted by molar-refractivity contribution is -0.176. The molecule has 1 rings (SSSR count). The molecule has 13 heavy (non-hydrogen) atoms. The molecule has 0 radical (unpaired) electrons. The number of aromatic nitrogens is 1. The van der Waals surface area contributed by atoms with E-state index in [0.29, 0.717) is 11.3 Å². The zero-order chi connectivity index (χ0) is 10.4. The fourth-order valence-electron chi connectivity index (χ4n) is 1.07. The van der Waals surface area contributed by atoms with Crippen LogP contribution in [-0.2, 0) is 0 Å². The van der Waals surface area contributed by atoms with Crippen molar-refractivity contribution in [1.82, 2.24) is 4.98 Å². The molecule has 1 heterocycles. The van der Waals surface area contributed by atoms with E-state index >= 15 is 0 Å². The maximum atomic E-state index is 10.8. The van der Waals surface area contributed by atoms with Crippen molar-refractivity contribution < 1.29 is 15.3 Å². The van der Waals surface area contributed by atoms with Crippen LogP contribution in [0.25, 0.3) is 0 Å².